The van der Waals surface area contributed by atoms with Gasteiger partial charge in [0.25, 0.3) is 0 Å². The molecule has 280 valence electrons. The van der Waals surface area contributed by atoms with Gasteiger partial charge in [0.15, 0.2) is 0 Å². The van der Waals surface area contributed by atoms with E-state index in [2.05, 4.69) is 18.3 Å². The molecule has 4 aliphatic rings. The monoisotopic (exact) mass is 721 g/mol. The molecule has 1 saturated carbocycles. The average molecular weight is 722 g/mol. The Kier molecular flexibility index (Phi) is 10.7. The lowest BCUT2D eigenvalue weighted by Crippen LogP contribution is -2.55. The highest BCUT2D eigenvalue weighted by molar-refractivity contribution is 5.97. The lowest BCUT2D eigenvalue weighted by atomic mass is 9.93. The van der Waals surface area contributed by atoms with E-state index in [-0.39, 0.29) is 37.1 Å². The van der Waals surface area contributed by atoms with Gasteiger partial charge in [-0.3, -0.25) is 19.2 Å². The molecule has 11 heteroatoms. The molecule has 0 spiro atoms. The second-order valence-electron chi connectivity index (χ2n) is 15.4. The van der Waals surface area contributed by atoms with Gasteiger partial charge in [-0.15, -0.1) is 0 Å². The second kappa shape index (κ2) is 15.6. The van der Waals surface area contributed by atoms with Gasteiger partial charge in [0.2, 0.25) is 23.6 Å². The number of benzene rings is 2. The van der Waals surface area contributed by atoms with Gasteiger partial charge in [0.1, 0.15) is 29.2 Å². The Balaban J connectivity index is 1.21. The lowest BCUT2D eigenvalue weighted by Gasteiger charge is -2.33. The van der Waals surface area contributed by atoms with E-state index >= 15 is 0 Å². The molecule has 6 atom stereocenters. The SMILES string of the molecule is COc1ccc2c(O[C@@H]3C[C@H]4C(=O)N[C@]5(C(N)=O)C[C@H]5C=CCCCCC[C@H](CC(=O)N5CCCC(C)C5)C(=O)N4C3)cc(-c3ccccc3)nc2c1. The molecule has 4 amide bonds. The molecule has 11 nitrogen and oxygen atoms in total. The van der Waals surface area contributed by atoms with E-state index in [1.54, 1.807) is 12.0 Å². The summed E-state index contributed by atoms with van der Waals surface area (Å²) < 4.78 is 12.3. The zero-order chi connectivity index (χ0) is 37.1. The summed E-state index contributed by atoms with van der Waals surface area (Å²) in [5.41, 5.74) is 7.03. The number of fused-ring (bicyclic) bond motifs is 3. The topological polar surface area (TPSA) is 144 Å². The molecule has 2 aromatic carbocycles. The number of pyridine rings is 1. The fraction of sp³-hybridized carbons (Fsp3) is 0.500. The number of allylic oxidation sites excluding steroid dienone is 1. The number of nitrogens with one attached hydrogen (secondary N) is 1. The van der Waals surface area contributed by atoms with E-state index in [9.17, 15) is 19.2 Å². The molecule has 3 aromatic rings. The normalized spacial score (nSPS) is 27.9. The molecule has 1 unspecified atom stereocenters. The molecule has 7 rings (SSSR count). The average Bonchev–Trinajstić information content (AvgIpc) is 3.70. The van der Waals surface area contributed by atoms with Crippen LogP contribution in [0.5, 0.6) is 11.5 Å². The van der Waals surface area contributed by atoms with Crippen molar-refractivity contribution >= 4 is 34.5 Å². The Hall–Kier alpha value is -4.93. The zero-order valence-electron chi connectivity index (χ0n) is 30.8. The molecule has 3 N–H and O–H groups in total. The first kappa shape index (κ1) is 36.4. The first-order chi connectivity index (χ1) is 25.6. The van der Waals surface area contributed by atoms with E-state index in [0.717, 1.165) is 49.5 Å². The highest BCUT2D eigenvalue weighted by atomic mass is 16.5. The Morgan fingerprint density at radius 3 is 2.62 bits per heavy atom. The molecule has 1 aromatic heterocycles. The van der Waals surface area contributed by atoms with E-state index in [1.807, 2.05) is 65.6 Å². The molecule has 3 fully saturated rings. The van der Waals surface area contributed by atoms with Gasteiger partial charge < -0.3 is 30.3 Å². The van der Waals surface area contributed by atoms with Crippen LogP contribution in [-0.4, -0.2) is 82.8 Å². The third-order valence-electron chi connectivity index (χ3n) is 11.6. The van der Waals surface area contributed by atoms with Gasteiger partial charge >= 0.3 is 0 Å². The molecular formula is C42H51N5O6. The number of methoxy groups -OCH3 is 1. The van der Waals surface area contributed by atoms with Crippen LogP contribution in [0.25, 0.3) is 22.2 Å². The van der Waals surface area contributed by atoms with E-state index in [4.69, 9.17) is 20.2 Å². The Morgan fingerprint density at radius 1 is 1.02 bits per heavy atom. The number of likely N-dealkylation sites (tertiary alicyclic amines) is 1. The van der Waals surface area contributed by atoms with Crippen LogP contribution in [0.3, 0.4) is 0 Å². The van der Waals surface area contributed by atoms with Crippen LogP contribution in [0.2, 0.25) is 0 Å². The number of aromatic nitrogens is 1. The standard InChI is InChI=1S/C42H51N5O6/c1-27-12-11-19-46(25-27)38(48)20-29-15-7-4-3-5-10-16-30-24-42(30,41(43)51)45-39(49)36-22-32(26-47(36)40(29)50)53-37-23-34(28-13-8-6-9-14-28)44-35-21-31(52-2)17-18-33(35)37/h6,8-10,13-14,16-18,21,23,27,29-30,32,36H,3-5,7,11-12,15,19-20,22,24-26H2,1-2H3,(H2,43,51)(H,45,49)/t27?,29-,30-,32-,36+,42-/m1/s1. The number of hydrogen-bond donors (Lipinski definition) is 2. The molecule has 53 heavy (non-hydrogen) atoms. The summed E-state index contributed by atoms with van der Waals surface area (Å²) in [6, 6.07) is 16.4. The van der Waals surface area contributed by atoms with Gasteiger partial charge in [0, 0.05) is 60.8 Å². The van der Waals surface area contributed by atoms with Crippen molar-refractivity contribution in [2.75, 3.05) is 26.7 Å². The fourth-order valence-electron chi connectivity index (χ4n) is 8.42. The number of nitrogens with two attached hydrogens (primary N) is 1. The zero-order valence-corrected chi connectivity index (χ0v) is 30.8. The molecule has 1 aliphatic carbocycles. The van der Waals surface area contributed by atoms with Crippen molar-refractivity contribution in [2.45, 2.75) is 88.8 Å². The quantitative estimate of drug-likeness (QED) is 0.311. The van der Waals surface area contributed by atoms with Gasteiger partial charge in [-0.2, -0.15) is 0 Å². The molecule has 0 bridgehead atoms. The van der Waals surface area contributed by atoms with Gasteiger partial charge in [-0.1, -0.05) is 62.2 Å². The Labute approximate surface area is 311 Å². The number of piperidine rings is 1. The van der Waals surface area contributed by atoms with Crippen molar-refractivity contribution in [3.8, 4) is 22.8 Å². The van der Waals surface area contributed by atoms with Crippen molar-refractivity contribution in [3.63, 3.8) is 0 Å². The highest BCUT2D eigenvalue weighted by Crippen LogP contribution is 2.45. The van der Waals surface area contributed by atoms with Gasteiger partial charge in [0.05, 0.1) is 24.9 Å². The Bertz CT molecular complexity index is 1880. The maximum atomic E-state index is 14.7. The highest BCUT2D eigenvalue weighted by Gasteiger charge is 2.60. The van der Waals surface area contributed by atoms with Crippen molar-refractivity contribution in [1.29, 1.82) is 0 Å². The summed E-state index contributed by atoms with van der Waals surface area (Å²) in [6.45, 7) is 3.71. The van der Waals surface area contributed by atoms with Gasteiger partial charge in [-0.05, 0) is 56.6 Å². The summed E-state index contributed by atoms with van der Waals surface area (Å²) in [4.78, 5) is 63.9. The van der Waals surface area contributed by atoms with Crippen LogP contribution in [-0.2, 0) is 19.2 Å². The summed E-state index contributed by atoms with van der Waals surface area (Å²) in [7, 11) is 1.61. The van der Waals surface area contributed by atoms with Crippen LogP contribution >= 0.6 is 0 Å². The van der Waals surface area contributed by atoms with Crippen LogP contribution in [0.4, 0.5) is 0 Å². The molecule has 3 aliphatic heterocycles. The third kappa shape index (κ3) is 7.89. The number of primary amides is 1. The molecular weight excluding hydrogens is 670 g/mol. The van der Waals surface area contributed by atoms with E-state index in [1.165, 1.54) is 0 Å². The third-order valence-corrected chi connectivity index (χ3v) is 11.6. The maximum absolute atomic E-state index is 14.7. The van der Waals surface area contributed by atoms with Crippen molar-refractivity contribution in [3.05, 3.63) is 66.7 Å². The first-order valence-corrected chi connectivity index (χ1v) is 19.2. The number of ether oxygens (including phenoxy) is 2. The first-order valence-electron chi connectivity index (χ1n) is 19.2. The summed E-state index contributed by atoms with van der Waals surface area (Å²) >= 11 is 0. The number of amides is 4. The largest absolute Gasteiger partial charge is 0.497 e. The van der Waals surface area contributed by atoms with E-state index < -0.39 is 35.4 Å². The van der Waals surface area contributed by atoms with Crippen molar-refractivity contribution < 1.29 is 28.7 Å². The number of carbonyl (C=O) groups excluding carboxylic acids is 4. The number of hydrogen-bond acceptors (Lipinski definition) is 7. The van der Waals surface area contributed by atoms with Crippen LogP contribution < -0.4 is 20.5 Å². The molecule has 2 saturated heterocycles. The Morgan fingerprint density at radius 2 is 1.85 bits per heavy atom. The molecule has 4 heterocycles. The minimum absolute atomic E-state index is 0.00984. The molecule has 0 radical (unpaired) electrons. The summed E-state index contributed by atoms with van der Waals surface area (Å²) in [5, 5.41) is 3.75. The van der Waals surface area contributed by atoms with Crippen molar-refractivity contribution in [1.82, 2.24) is 20.1 Å². The second-order valence-corrected chi connectivity index (χ2v) is 15.4. The summed E-state index contributed by atoms with van der Waals surface area (Å²) in [6.07, 6.45) is 10.3. The van der Waals surface area contributed by atoms with Crippen molar-refractivity contribution in [2.24, 2.45) is 23.5 Å². The van der Waals surface area contributed by atoms with Crippen LogP contribution in [0.1, 0.15) is 71.1 Å². The minimum Gasteiger partial charge on any atom is -0.497 e. The predicted molar refractivity (Wildman–Crippen MR) is 202 cm³/mol. The van der Waals surface area contributed by atoms with Crippen LogP contribution in [0, 0.1) is 17.8 Å². The fourth-order valence-corrected chi connectivity index (χ4v) is 8.42. The lowest BCUT2D eigenvalue weighted by molar-refractivity contribution is -0.146. The predicted octanol–water partition coefficient (Wildman–Crippen LogP) is 5.40. The summed E-state index contributed by atoms with van der Waals surface area (Å²) in [5.74, 6) is -0.367. The number of carbonyl (C=O) groups is 4. The van der Waals surface area contributed by atoms with E-state index in [0.29, 0.717) is 54.6 Å². The smallest absolute Gasteiger partial charge is 0.243 e. The number of rotatable bonds is 7. The van der Waals surface area contributed by atoms with Gasteiger partial charge in [-0.25, -0.2) is 4.98 Å². The number of nitrogens with zero attached hydrogens (tertiary/aromatic N) is 3. The maximum Gasteiger partial charge on any atom is 0.243 e. The van der Waals surface area contributed by atoms with Crippen LogP contribution in [0.15, 0.2) is 66.7 Å². The minimum atomic E-state index is -1.19.